The van der Waals surface area contributed by atoms with Gasteiger partial charge in [0.2, 0.25) is 11.8 Å². The third-order valence-corrected chi connectivity index (χ3v) is 7.45. The maximum absolute atomic E-state index is 13.3. The van der Waals surface area contributed by atoms with Gasteiger partial charge in [0, 0.05) is 23.0 Å². The molecular formula is C24H27ClN2O3. The first-order valence-electron chi connectivity index (χ1n) is 10.8. The van der Waals surface area contributed by atoms with Crippen LogP contribution in [0.3, 0.4) is 0 Å². The van der Waals surface area contributed by atoms with Gasteiger partial charge in [-0.2, -0.15) is 0 Å². The Morgan fingerprint density at radius 2 is 1.77 bits per heavy atom. The summed E-state index contributed by atoms with van der Waals surface area (Å²) in [6, 6.07) is 11.3. The van der Waals surface area contributed by atoms with Gasteiger partial charge in [0.25, 0.3) is 0 Å². The summed E-state index contributed by atoms with van der Waals surface area (Å²) in [5.41, 5.74) is 0.396. The molecule has 0 radical (unpaired) electrons. The average Bonchev–Trinajstić information content (AvgIpc) is 3.13. The zero-order valence-electron chi connectivity index (χ0n) is 17.2. The van der Waals surface area contributed by atoms with Crippen molar-refractivity contribution in [1.82, 2.24) is 10.6 Å². The van der Waals surface area contributed by atoms with Crippen molar-refractivity contribution >= 4 is 23.4 Å². The largest absolute Gasteiger partial charge is 0.459 e. The Morgan fingerprint density at radius 1 is 1.07 bits per heavy atom. The Hall–Kier alpha value is -2.27. The number of rotatable bonds is 5. The molecular weight excluding hydrogens is 400 g/mol. The molecule has 2 unspecified atom stereocenters. The van der Waals surface area contributed by atoms with Crippen molar-refractivity contribution in [2.45, 2.75) is 57.5 Å². The first-order valence-corrected chi connectivity index (χ1v) is 11.1. The highest BCUT2D eigenvalue weighted by Crippen LogP contribution is 2.61. The Morgan fingerprint density at radius 3 is 2.43 bits per heavy atom. The first kappa shape index (κ1) is 19.7. The molecule has 4 bridgehead atoms. The number of furan rings is 1. The molecule has 5 nitrogen and oxygen atoms in total. The zero-order valence-corrected chi connectivity index (χ0v) is 17.9. The van der Waals surface area contributed by atoms with Crippen LogP contribution in [-0.2, 0) is 16.1 Å². The van der Waals surface area contributed by atoms with Gasteiger partial charge in [0.15, 0.2) is 0 Å². The normalized spacial score (nSPS) is 31.5. The van der Waals surface area contributed by atoms with E-state index in [9.17, 15) is 9.59 Å². The second-order valence-corrected chi connectivity index (χ2v) is 10.1. The molecule has 1 heterocycles. The standard InChI is InChI=1S/C24H27ClN2O3/c1-15(28)27-24-11-16-8-17(12-24)10-23(9-16,14-24)22(29)26-13-20-6-7-21(30-20)18-2-4-19(25)5-3-18/h2-7,16-17H,8-14H2,1H3,(H,26,29)(H,27,28). The number of hydrogen-bond acceptors (Lipinski definition) is 3. The lowest BCUT2D eigenvalue weighted by molar-refractivity contribution is -0.153. The summed E-state index contributed by atoms with van der Waals surface area (Å²) < 4.78 is 5.94. The van der Waals surface area contributed by atoms with Gasteiger partial charge in [-0.1, -0.05) is 11.6 Å². The van der Waals surface area contributed by atoms with E-state index in [4.69, 9.17) is 16.0 Å². The van der Waals surface area contributed by atoms with Crippen LogP contribution in [0.1, 0.15) is 51.2 Å². The monoisotopic (exact) mass is 426 g/mol. The quantitative estimate of drug-likeness (QED) is 0.728. The minimum Gasteiger partial charge on any atom is -0.459 e. The smallest absolute Gasteiger partial charge is 0.226 e. The van der Waals surface area contributed by atoms with Crippen molar-refractivity contribution in [1.29, 1.82) is 0 Å². The maximum atomic E-state index is 13.3. The predicted octanol–water partition coefficient (Wildman–Crippen LogP) is 4.69. The van der Waals surface area contributed by atoms with Crippen LogP contribution in [0.15, 0.2) is 40.8 Å². The lowest BCUT2D eigenvalue weighted by atomic mass is 9.46. The lowest BCUT2D eigenvalue weighted by Crippen LogP contribution is -2.65. The van der Waals surface area contributed by atoms with E-state index >= 15 is 0 Å². The number of benzene rings is 1. The molecule has 4 aliphatic carbocycles. The van der Waals surface area contributed by atoms with E-state index < -0.39 is 0 Å². The first-order chi connectivity index (χ1) is 14.3. The van der Waals surface area contributed by atoms with E-state index in [1.807, 2.05) is 36.4 Å². The van der Waals surface area contributed by atoms with Crippen molar-refractivity contribution in [3.63, 3.8) is 0 Å². The van der Waals surface area contributed by atoms with Gasteiger partial charge in [-0.25, -0.2) is 0 Å². The molecule has 4 aliphatic rings. The minimum absolute atomic E-state index is 0.0119. The number of nitrogens with one attached hydrogen (secondary N) is 2. The minimum atomic E-state index is -0.363. The van der Waals surface area contributed by atoms with E-state index in [-0.39, 0.29) is 22.8 Å². The highest BCUT2D eigenvalue weighted by molar-refractivity contribution is 6.30. The van der Waals surface area contributed by atoms with Crippen LogP contribution in [0.2, 0.25) is 5.02 Å². The Balaban J connectivity index is 1.28. The van der Waals surface area contributed by atoms with Gasteiger partial charge in [-0.05, 0) is 86.8 Å². The molecule has 1 aromatic heterocycles. The summed E-state index contributed by atoms with van der Waals surface area (Å²) >= 11 is 5.95. The highest BCUT2D eigenvalue weighted by atomic mass is 35.5. The number of amides is 2. The Labute approximate surface area is 181 Å². The van der Waals surface area contributed by atoms with Crippen LogP contribution in [0.4, 0.5) is 0 Å². The molecule has 0 spiro atoms. The number of halogens is 1. The van der Waals surface area contributed by atoms with E-state index in [1.54, 1.807) is 6.92 Å². The van der Waals surface area contributed by atoms with Gasteiger partial charge >= 0.3 is 0 Å². The molecule has 30 heavy (non-hydrogen) atoms. The van der Waals surface area contributed by atoms with Crippen LogP contribution in [0, 0.1) is 17.3 Å². The number of carbonyl (C=O) groups is 2. The van der Waals surface area contributed by atoms with Crippen LogP contribution in [-0.4, -0.2) is 17.4 Å². The van der Waals surface area contributed by atoms with Crippen LogP contribution in [0.5, 0.6) is 0 Å². The number of carbonyl (C=O) groups excluding carboxylic acids is 2. The van der Waals surface area contributed by atoms with Gasteiger partial charge in [-0.15, -0.1) is 0 Å². The third kappa shape index (κ3) is 3.53. The van der Waals surface area contributed by atoms with Gasteiger partial charge in [-0.3, -0.25) is 9.59 Å². The average molecular weight is 427 g/mol. The van der Waals surface area contributed by atoms with E-state index in [0.29, 0.717) is 23.4 Å². The van der Waals surface area contributed by atoms with Gasteiger partial charge < -0.3 is 15.1 Å². The molecule has 4 fully saturated rings. The van der Waals surface area contributed by atoms with Crippen molar-refractivity contribution < 1.29 is 14.0 Å². The summed E-state index contributed by atoms with van der Waals surface area (Å²) in [6.07, 6.45) is 5.85. The summed E-state index contributed by atoms with van der Waals surface area (Å²) in [5.74, 6) is 2.67. The van der Waals surface area contributed by atoms with Crippen LogP contribution >= 0.6 is 11.6 Å². The highest BCUT2D eigenvalue weighted by Gasteiger charge is 2.60. The lowest BCUT2D eigenvalue weighted by Gasteiger charge is -2.61. The molecule has 1 aromatic carbocycles. The van der Waals surface area contributed by atoms with Crippen molar-refractivity contribution in [3.05, 3.63) is 47.2 Å². The molecule has 6 heteroatoms. The van der Waals surface area contributed by atoms with E-state index in [1.165, 1.54) is 6.42 Å². The molecule has 0 aliphatic heterocycles. The van der Waals surface area contributed by atoms with Crippen LogP contribution in [0.25, 0.3) is 11.3 Å². The van der Waals surface area contributed by atoms with Gasteiger partial charge in [0.05, 0.1) is 12.0 Å². The second kappa shape index (κ2) is 7.16. The summed E-state index contributed by atoms with van der Waals surface area (Å²) in [7, 11) is 0. The van der Waals surface area contributed by atoms with Crippen LogP contribution < -0.4 is 10.6 Å². The van der Waals surface area contributed by atoms with E-state index in [2.05, 4.69) is 10.6 Å². The number of hydrogen-bond donors (Lipinski definition) is 2. The zero-order chi connectivity index (χ0) is 20.9. The molecule has 0 saturated heterocycles. The van der Waals surface area contributed by atoms with Crippen molar-refractivity contribution in [2.24, 2.45) is 17.3 Å². The van der Waals surface area contributed by atoms with E-state index in [0.717, 1.165) is 49.2 Å². The molecule has 4 saturated carbocycles. The fourth-order valence-electron chi connectivity index (χ4n) is 6.64. The summed E-state index contributed by atoms with van der Waals surface area (Å²) in [5, 5.41) is 7.04. The molecule has 2 N–H and O–H groups in total. The Kier molecular flexibility index (Phi) is 4.69. The van der Waals surface area contributed by atoms with Crippen molar-refractivity contribution in [3.8, 4) is 11.3 Å². The second-order valence-electron chi connectivity index (χ2n) is 9.66. The topological polar surface area (TPSA) is 71.3 Å². The summed E-state index contributed by atoms with van der Waals surface area (Å²) in [4.78, 5) is 25.2. The van der Waals surface area contributed by atoms with Crippen molar-refractivity contribution in [2.75, 3.05) is 0 Å². The molecule has 2 atom stereocenters. The fraction of sp³-hybridized carbons (Fsp3) is 0.500. The molecule has 2 aromatic rings. The maximum Gasteiger partial charge on any atom is 0.226 e. The fourth-order valence-corrected chi connectivity index (χ4v) is 6.77. The third-order valence-electron chi connectivity index (χ3n) is 7.20. The molecule has 6 rings (SSSR count). The Bertz CT molecular complexity index is 967. The molecule has 2 amide bonds. The molecule has 158 valence electrons. The summed E-state index contributed by atoms with van der Waals surface area (Å²) in [6.45, 7) is 1.96. The van der Waals surface area contributed by atoms with Gasteiger partial charge in [0.1, 0.15) is 11.5 Å². The SMILES string of the molecule is CC(=O)NC12CC3CC(C1)CC(C(=O)NCc1ccc(-c4ccc(Cl)cc4)o1)(C3)C2. The predicted molar refractivity (Wildman–Crippen MR) is 115 cm³/mol.